The lowest BCUT2D eigenvalue weighted by Crippen LogP contribution is -2.36. The number of hydrogen-bond donors (Lipinski definition) is 2. The molecule has 17 heavy (non-hydrogen) atoms. The average Bonchev–Trinajstić information content (AvgIpc) is 2.39. The van der Waals surface area contributed by atoms with E-state index in [1.54, 1.807) is 0 Å². The van der Waals surface area contributed by atoms with Crippen LogP contribution in [0.4, 0.5) is 0 Å². The molecule has 0 aliphatic carbocycles. The summed E-state index contributed by atoms with van der Waals surface area (Å²) in [5, 5.41) is 2.94. The number of hydrogen-bond acceptors (Lipinski definition) is 3. The number of carbonyl (C=O) groups excluding carboxylic acids is 1. The second-order valence-electron chi connectivity index (χ2n) is 4.80. The third kappa shape index (κ3) is 3.33. The van der Waals surface area contributed by atoms with Crippen molar-refractivity contribution in [2.75, 3.05) is 0 Å². The molecule has 1 aromatic rings. The molecule has 1 amide bonds. The fourth-order valence-electron chi connectivity index (χ4n) is 2.04. The Balaban J connectivity index is 2.76. The van der Waals surface area contributed by atoms with Gasteiger partial charge in [0.15, 0.2) is 0 Å². The maximum atomic E-state index is 12.1. The summed E-state index contributed by atoms with van der Waals surface area (Å²) in [4.78, 5) is 12.1. The van der Waals surface area contributed by atoms with Crippen LogP contribution >= 0.6 is 0 Å². The number of nitrogens with two attached hydrogens (primary N) is 1. The summed E-state index contributed by atoms with van der Waals surface area (Å²) in [5.41, 5.74) is 7.26. The zero-order valence-corrected chi connectivity index (χ0v) is 11.3. The van der Waals surface area contributed by atoms with Crippen LogP contribution in [-0.4, -0.2) is 18.0 Å². The molecule has 0 bridgehead atoms. The molecule has 0 saturated carbocycles. The molecule has 0 aliphatic rings. The minimum atomic E-state index is -0.0787. The molecule has 96 valence electrons. The van der Waals surface area contributed by atoms with E-state index in [1.807, 2.05) is 34.6 Å². The van der Waals surface area contributed by atoms with Crippen molar-refractivity contribution in [3.8, 4) is 0 Å². The highest BCUT2D eigenvalue weighted by Crippen LogP contribution is 2.20. The first-order valence-electron chi connectivity index (χ1n) is 5.96. The van der Waals surface area contributed by atoms with Crippen molar-refractivity contribution in [3.63, 3.8) is 0 Å². The van der Waals surface area contributed by atoms with E-state index >= 15 is 0 Å². The van der Waals surface area contributed by atoms with Crippen molar-refractivity contribution >= 4 is 5.91 Å². The highest BCUT2D eigenvalue weighted by atomic mass is 16.3. The maximum Gasteiger partial charge on any atom is 0.255 e. The van der Waals surface area contributed by atoms with Gasteiger partial charge in [0.05, 0.1) is 5.56 Å². The van der Waals surface area contributed by atoms with E-state index in [2.05, 4.69) is 5.32 Å². The molecule has 2 unspecified atom stereocenters. The van der Waals surface area contributed by atoms with Gasteiger partial charge in [-0.25, -0.2) is 0 Å². The molecule has 0 fully saturated rings. The van der Waals surface area contributed by atoms with Crippen LogP contribution in [0.15, 0.2) is 4.42 Å². The minimum absolute atomic E-state index is 0.0662. The van der Waals surface area contributed by atoms with E-state index in [4.69, 9.17) is 10.2 Å². The molecule has 1 rings (SSSR count). The SMILES string of the molecule is Cc1oc(C)c(C(=O)NC(C)CC(C)N)c1C. The van der Waals surface area contributed by atoms with Crippen LogP contribution in [0.1, 0.15) is 47.7 Å². The minimum Gasteiger partial charge on any atom is -0.466 e. The summed E-state index contributed by atoms with van der Waals surface area (Å²) < 4.78 is 5.44. The van der Waals surface area contributed by atoms with Crippen LogP contribution in [0, 0.1) is 20.8 Å². The highest BCUT2D eigenvalue weighted by molar-refractivity contribution is 5.97. The van der Waals surface area contributed by atoms with Crippen molar-refractivity contribution < 1.29 is 9.21 Å². The molecule has 2 atom stereocenters. The Labute approximate surface area is 103 Å². The molecule has 1 heterocycles. The van der Waals surface area contributed by atoms with Gasteiger partial charge in [0.25, 0.3) is 5.91 Å². The fraction of sp³-hybridized carbons (Fsp3) is 0.615. The van der Waals surface area contributed by atoms with Gasteiger partial charge in [-0.2, -0.15) is 0 Å². The maximum absolute atomic E-state index is 12.1. The third-order valence-corrected chi connectivity index (χ3v) is 2.89. The van der Waals surface area contributed by atoms with Gasteiger partial charge in [0.2, 0.25) is 0 Å². The largest absolute Gasteiger partial charge is 0.466 e. The second kappa shape index (κ2) is 5.36. The van der Waals surface area contributed by atoms with Gasteiger partial charge in [0, 0.05) is 17.6 Å². The standard InChI is InChI=1S/C13H22N2O2/c1-7(14)6-8(2)15-13(16)12-9(3)10(4)17-11(12)5/h7-8H,6,14H2,1-5H3,(H,15,16). The highest BCUT2D eigenvalue weighted by Gasteiger charge is 2.19. The lowest BCUT2D eigenvalue weighted by atomic mass is 10.1. The first kappa shape index (κ1) is 13.8. The number of nitrogens with one attached hydrogen (secondary N) is 1. The number of furan rings is 1. The quantitative estimate of drug-likeness (QED) is 0.843. The lowest BCUT2D eigenvalue weighted by molar-refractivity contribution is 0.0935. The summed E-state index contributed by atoms with van der Waals surface area (Å²) in [6, 6.07) is 0.148. The summed E-state index contributed by atoms with van der Waals surface area (Å²) in [6.07, 6.45) is 0.765. The lowest BCUT2D eigenvalue weighted by Gasteiger charge is -2.15. The Morgan fingerprint density at radius 3 is 2.29 bits per heavy atom. The molecule has 1 aromatic heterocycles. The van der Waals surface area contributed by atoms with E-state index in [-0.39, 0.29) is 18.0 Å². The van der Waals surface area contributed by atoms with E-state index in [0.29, 0.717) is 11.3 Å². The predicted molar refractivity (Wildman–Crippen MR) is 68.1 cm³/mol. The fourth-order valence-corrected chi connectivity index (χ4v) is 2.04. The zero-order chi connectivity index (χ0) is 13.2. The van der Waals surface area contributed by atoms with E-state index < -0.39 is 0 Å². The topological polar surface area (TPSA) is 68.3 Å². The number of rotatable bonds is 4. The summed E-state index contributed by atoms with van der Waals surface area (Å²) in [6.45, 7) is 9.46. The molecule has 0 aromatic carbocycles. The average molecular weight is 238 g/mol. The van der Waals surface area contributed by atoms with Crippen LogP contribution in [-0.2, 0) is 0 Å². The van der Waals surface area contributed by atoms with E-state index in [1.165, 1.54) is 0 Å². The molecule has 3 N–H and O–H groups in total. The Kier molecular flexibility index (Phi) is 4.34. The van der Waals surface area contributed by atoms with Crippen LogP contribution in [0.5, 0.6) is 0 Å². The van der Waals surface area contributed by atoms with Crippen LogP contribution in [0.25, 0.3) is 0 Å². The molecular formula is C13H22N2O2. The molecule has 0 radical (unpaired) electrons. The van der Waals surface area contributed by atoms with Crippen molar-refractivity contribution in [1.82, 2.24) is 5.32 Å². The summed E-state index contributed by atoms with van der Waals surface area (Å²) in [7, 11) is 0. The molecule has 0 saturated heterocycles. The molecule has 0 aliphatic heterocycles. The number of aryl methyl sites for hydroxylation is 2. The van der Waals surface area contributed by atoms with Crippen molar-refractivity contribution in [2.24, 2.45) is 5.73 Å². The molecule has 0 spiro atoms. The van der Waals surface area contributed by atoms with Gasteiger partial charge < -0.3 is 15.5 Å². The van der Waals surface area contributed by atoms with Crippen LogP contribution < -0.4 is 11.1 Å². The van der Waals surface area contributed by atoms with E-state index in [0.717, 1.165) is 17.7 Å². The smallest absolute Gasteiger partial charge is 0.255 e. The monoisotopic (exact) mass is 238 g/mol. The zero-order valence-electron chi connectivity index (χ0n) is 11.3. The van der Waals surface area contributed by atoms with Crippen molar-refractivity contribution in [1.29, 1.82) is 0 Å². The summed E-state index contributed by atoms with van der Waals surface area (Å²) in [5.74, 6) is 1.39. The van der Waals surface area contributed by atoms with E-state index in [9.17, 15) is 4.79 Å². The molecule has 4 heteroatoms. The normalized spacial score (nSPS) is 14.5. The van der Waals surface area contributed by atoms with Crippen molar-refractivity contribution in [2.45, 2.75) is 53.1 Å². The third-order valence-electron chi connectivity index (χ3n) is 2.89. The number of carbonyl (C=O) groups is 1. The van der Waals surface area contributed by atoms with Gasteiger partial charge in [-0.15, -0.1) is 0 Å². The van der Waals surface area contributed by atoms with Gasteiger partial charge in [0.1, 0.15) is 11.5 Å². The Morgan fingerprint density at radius 1 is 1.29 bits per heavy atom. The van der Waals surface area contributed by atoms with Crippen molar-refractivity contribution in [3.05, 3.63) is 22.6 Å². The Hall–Kier alpha value is -1.29. The Bertz CT molecular complexity index is 408. The summed E-state index contributed by atoms with van der Waals surface area (Å²) >= 11 is 0. The van der Waals surface area contributed by atoms with Gasteiger partial charge in [-0.1, -0.05) is 0 Å². The molecular weight excluding hydrogens is 216 g/mol. The predicted octanol–water partition coefficient (Wildman–Crippen LogP) is 2.06. The first-order valence-corrected chi connectivity index (χ1v) is 5.96. The molecule has 4 nitrogen and oxygen atoms in total. The van der Waals surface area contributed by atoms with Gasteiger partial charge >= 0.3 is 0 Å². The van der Waals surface area contributed by atoms with Crippen LogP contribution in [0.3, 0.4) is 0 Å². The number of amides is 1. The van der Waals surface area contributed by atoms with Gasteiger partial charge in [-0.3, -0.25) is 4.79 Å². The second-order valence-corrected chi connectivity index (χ2v) is 4.80. The first-order chi connectivity index (χ1) is 7.82. The van der Waals surface area contributed by atoms with Gasteiger partial charge in [-0.05, 0) is 41.0 Å². The Morgan fingerprint density at radius 2 is 1.88 bits per heavy atom. The van der Waals surface area contributed by atoms with Crippen LogP contribution in [0.2, 0.25) is 0 Å².